The Morgan fingerprint density at radius 3 is 2.53 bits per heavy atom. The van der Waals surface area contributed by atoms with E-state index in [4.69, 9.17) is 18.9 Å². The third-order valence-electron chi connectivity index (χ3n) is 2.41. The first kappa shape index (κ1) is 15.6. The first-order valence-electron chi connectivity index (χ1n) is 5.82. The lowest BCUT2D eigenvalue weighted by Crippen LogP contribution is -2.56. The second-order valence-electron chi connectivity index (χ2n) is 4.04. The van der Waals surface area contributed by atoms with E-state index in [-0.39, 0.29) is 13.2 Å². The lowest BCUT2D eigenvalue weighted by Gasteiger charge is -2.38. The van der Waals surface area contributed by atoms with Gasteiger partial charge in [-0.2, -0.15) is 0 Å². The van der Waals surface area contributed by atoms with E-state index in [9.17, 15) is 14.7 Å². The molecule has 0 bridgehead atoms. The molecule has 1 N–H and O–H groups in total. The Balaban J connectivity index is 2.73. The van der Waals surface area contributed by atoms with Crippen molar-refractivity contribution in [1.29, 1.82) is 0 Å². The van der Waals surface area contributed by atoms with Crippen LogP contribution in [0.15, 0.2) is 12.7 Å². The summed E-state index contributed by atoms with van der Waals surface area (Å²) in [7, 11) is 0. The standard InChI is InChI=1S/C12H18O7/c1-4-5-16-12-11(19-8(3)14)10(15)9(6-17-12)18-7(2)13/h4,9-12,15H,1,5-6H2,2-3H3/t9-,10+,11-,12-/m1/s1. The molecule has 0 aromatic heterocycles. The highest BCUT2D eigenvalue weighted by Gasteiger charge is 2.44. The van der Waals surface area contributed by atoms with Gasteiger partial charge in [0.05, 0.1) is 13.2 Å². The minimum absolute atomic E-state index is 0.0413. The second kappa shape index (κ2) is 7.22. The van der Waals surface area contributed by atoms with Crippen LogP contribution in [-0.2, 0) is 28.5 Å². The molecular formula is C12H18O7. The third-order valence-corrected chi connectivity index (χ3v) is 2.41. The van der Waals surface area contributed by atoms with Crippen LogP contribution in [0.1, 0.15) is 13.8 Å². The summed E-state index contributed by atoms with van der Waals surface area (Å²) in [5.74, 6) is -1.15. The van der Waals surface area contributed by atoms with Gasteiger partial charge >= 0.3 is 11.9 Å². The van der Waals surface area contributed by atoms with E-state index in [2.05, 4.69) is 6.58 Å². The minimum Gasteiger partial charge on any atom is -0.457 e. The van der Waals surface area contributed by atoms with Crippen molar-refractivity contribution >= 4 is 11.9 Å². The molecule has 0 aromatic carbocycles. The van der Waals surface area contributed by atoms with Crippen LogP contribution in [0.5, 0.6) is 0 Å². The maximum atomic E-state index is 11.0. The van der Waals surface area contributed by atoms with Gasteiger partial charge in [0.2, 0.25) is 0 Å². The number of esters is 2. The first-order chi connectivity index (χ1) is 8.95. The fourth-order valence-electron chi connectivity index (χ4n) is 1.70. The van der Waals surface area contributed by atoms with Crippen LogP contribution in [0, 0.1) is 0 Å². The van der Waals surface area contributed by atoms with Crippen LogP contribution in [0.25, 0.3) is 0 Å². The lowest BCUT2D eigenvalue weighted by atomic mass is 10.0. The number of carbonyl (C=O) groups excluding carboxylic acids is 2. The van der Waals surface area contributed by atoms with E-state index in [1.54, 1.807) is 0 Å². The molecule has 0 amide bonds. The van der Waals surface area contributed by atoms with E-state index in [0.717, 1.165) is 0 Å². The van der Waals surface area contributed by atoms with E-state index in [0.29, 0.717) is 0 Å². The molecule has 108 valence electrons. The van der Waals surface area contributed by atoms with E-state index < -0.39 is 36.5 Å². The fourth-order valence-corrected chi connectivity index (χ4v) is 1.70. The summed E-state index contributed by atoms with van der Waals surface area (Å²) in [6.07, 6.45) is -2.60. The molecule has 4 atom stereocenters. The molecular weight excluding hydrogens is 256 g/mol. The van der Waals surface area contributed by atoms with Gasteiger partial charge in [-0.15, -0.1) is 6.58 Å². The number of ether oxygens (including phenoxy) is 4. The van der Waals surface area contributed by atoms with Crippen molar-refractivity contribution < 1.29 is 33.6 Å². The Morgan fingerprint density at radius 1 is 1.37 bits per heavy atom. The number of aliphatic hydroxyl groups excluding tert-OH is 1. The van der Waals surface area contributed by atoms with Crippen LogP contribution in [-0.4, -0.2) is 54.9 Å². The van der Waals surface area contributed by atoms with Crippen LogP contribution in [0.4, 0.5) is 0 Å². The highest BCUT2D eigenvalue weighted by molar-refractivity contribution is 5.67. The average molecular weight is 274 g/mol. The number of hydrogen-bond donors (Lipinski definition) is 1. The molecule has 0 aromatic rings. The van der Waals surface area contributed by atoms with Crippen molar-refractivity contribution in [2.45, 2.75) is 38.4 Å². The molecule has 1 saturated heterocycles. The normalized spacial score (nSPS) is 30.5. The molecule has 7 heteroatoms. The number of rotatable bonds is 5. The molecule has 1 rings (SSSR count). The number of carbonyl (C=O) groups is 2. The molecule has 0 spiro atoms. The van der Waals surface area contributed by atoms with Gasteiger partial charge in [0, 0.05) is 13.8 Å². The van der Waals surface area contributed by atoms with Gasteiger partial charge < -0.3 is 24.1 Å². The lowest BCUT2D eigenvalue weighted by molar-refractivity contribution is -0.275. The maximum Gasteiger partial charge on any atom is 0.303 e. The molecule has 1 heterocycles. The molecule has 1 aliphatic rings. The highest BCUT2D eigenvalue weighted by Crippen LogP contribution is 2.22. The first-order valence-corrected chi connectivity index (χ1v) is 5.82. The molecule has 0 unspecified atom stereocenters. The smallest absolute Gasteiger partial charge is 0.303 e. The topological polar surface area (TPSA) is 91.3 Å². The van der Waals surface area contributed by atoms with Gasteiger partial charge in [-0.25, -0.2) is 0 Å². The summed E-state index contributed by atoms with van der Waals surface area (Å²) < 4.78 is 20.4. The van der Waals surface area contributed by atoms with Crippen LogP contribution < -0.4 is 0 Å². The summed E-state index contributed by atoms with van der Waals surface area (Å²) in [5.41, 5.74) is 0. The van der Waals surface area contributed by atoms with Crippen molar-refractivity contribution in [2.24, 2.45) is 0 Å². The van der Waals surface area contributed by atoms with Crippen molar-refractivity contribution in [3.05, 3.63) is 12.7 Å². The van der Waals surface area contributed by atoms with Crippen molar-refractivity contribution in [3.8, 4) is 0 Å². The highest BCUT2D eigenvalue weighted by atomic mass is 16.7. The second-order valence-corrected chi connectivity index (χ2v) is 4.04. The Hall–Kier alpha value is -1.44. The molecule has 19 heavy (non-hydrogen) atoms. The summed E-state index contributed by atoms with van der Waals surface area (Å²) in [6, 6.07) is 0. The maximum absolute atomic E-state index is 11.0. The Kier molecular flexibility index (Phi) is 5.94. The zero-order valence-electron chi connectivity index (χ0n) is 10.9. The molecule has 0 aliphatic carbocycles. The molecule has 0 saturated carbocycles. The predicted molar refractivity (Wildman–Crippen MR) is 63.0 cm³/mol. The zero-order chi connectivity index (χ0) is 14.4. The van der Waals surface area contributed by atoms with Crippen molar-refractivity contribution in [2.75, 3.05) is 13.2 Å². The van der Waals surface area contributed by atoms with E-state index in [1.807, 2.05) is 0 Å². The molecule has 1 aliphatic heterocycles. The Bertz CT molecular complexity index is 341. The molecule has 1 fully saturated rings. The largest absolute Gasteiger partial charge is 0.457 e. The van der Waals surface area contributed by atoms with Crippen molar-refractivity contribution in [1.82, 2.24) is 0 Å². The zero-order valence-corrected chi connectivity index (χ0v) is 10.9. The van der Waals surface area contributed by atoms with Gasteiger partial charge in [-0.3, -0.25) is 9.59 Å². The summed E-state index contributed by atoms with van der Waals surface area (Å²) >= 11 is 0. The monoisotopic (exact) mass is 274 g/mol. The minimum atomic E-state index is -1.21. The average Bonchev–Trinajstić information content (AvgIpc) is 2.32. The molecule has 0 radical (unpaired) electrons. The van der Waals surface area contributed by atoms with E-state index in [1.165, 1.54) is 19.9 Å². The van der Waals surface area contributed by atoms with Gasteiger partial charge in [-0.1, -0.05) is 6.08 Å². The van der Waals surface area contributed by atoms with Crippen LogP contribution >= 0.6 is 0 Å². The fraction of sp³-hybridized carbons (Fsp3) is 0.667. The van der Waals surface area contributed by atoms with Crippen LogP contribution in [0.2, 0.25) is 0 Å². The number of hydrogen-bond acceptors (Lipinski definition) is 7. The molecule has 7 nitrogen and oxygen atoms in total. The predicted octanol–water partition coefficient (Wildman–Crippen LogP) is -0.230. The van der Waals surface area contributed by atoms with Crippen LogP contribution in [0.3, 0.4) is 0 Å². The van der Waals surface area contributed by atoms with E-state index >= 15 is 0 Å². The van der Waals surface area contributed by atoms with Gasteiger partial charge in [-0.05, 0) is 0 Å². The summed E-state index contributed by atoms with van der Waals surface area (Å²) in [5, 5.41) is 10.1. The SMILES string of the molecule is C=CCO[C@@H]1OC[C@@H](OC(C)=O)[C@H](O)[C@H]1OC(C)=O. The van der Waals surface area contributed by atoms with Gasteiger partial charge in [0.15, 0.2) is 18.5 Å². The Morgan fingerprint density at radius 2 is 2.00 bits per heavy atom. The third kappa shape index (κ3) is 4.62. The van der Waals surface area contributed by atoms with Gasteiger partial charge in [0.1, 0.15) is 6.10 Å². The Labute approximate surface area is 111 Å². The number of aliphatic hydroxyl groups is 1. The van der Waals surface area contributed by atoms with Gasteiger partial charge in [0.25, 0.3) is 0 Å². The summed E-state index contributed by atoms with van der Waals surface area (Å²) in [6.45, 7) is 6.03. The van der Waals surface area contributed by atoms with Crippen molar-refractivity contribution in [3.63, 3.8) is 0 Å². The quantitative estimate of drug-likeness (QED) is 0.547. The summed E-state index contributed by atoms with van der Waals surface area (Å²) in [4.78, 5) is 21.9.